The lowest BCUT2D eigenvalue weighted by atomic mass is 10.2. The predicted octanol–water partition coefficient (Wildman–Crippen LogP) is 0.626. The molecule has 2 rings (SSSR count). The lowest BCUT2D eigenvalue weighted by Gasteiger charge is -2.27. The maximum atomic E-state index is 13.0. The highest BCUT2D eigenvalue weighted by atomic mass is 19.1. The molecule has 1 aromatic heterocycles. The minimum Gasteiger partial charge on any atom is -0.478 e. The Morgan fingerprint density at radius 2 is 2.25 bits per heavy atom. The van der Waals surface area contributed by atoms with Gasteiger partial charge in [-0.05, 0) is 19.0 Å². The van der Waals surface area contributed by atoms with Crippen molar-refractivity contribution < 1.29 is 14.3 Å². The Labute approximate surface area is 117 Å². The van der Waals surface area contributed by atoms with Gasteiger partial charge in [-0.2, -0.15) is 0 Å². The topological polar surface area (TPSA) is 77.5 Å². The fraction of sp³-hybridized carbons (Fsp3) is 0.538. The third kappa shape index (κ3) is 4.14. The van der Waals surface area contributed by atoms with Gasteiger partial charge in [0.05, 0.1) is 6.20 Å². The zero-order chi connectivity index (χ0) is 14.4. The van der Waals surface area contributed by atoms with Crippen LogP contribution in [0.5, 0.6) is 0 Å². The molecule has 3 N–H and O–H groups in total. The lowest BCUT2D eigenvalue weighted by Crippen LogP contribution is -2.44. The second kappa shape index (κ2) is 7.16. The van der Waals surface area contributed by atoms with E-state index in [9.17, 15) is 9.18 Å². The number of aromatic carboxylic acids is 1. The molecule has 2 heterocycles. The number of halogens is 1. The van der Waals surface area contributed by atoms with E-state index in [4.69, 9.17) is 5.11 Å². The molecule has 20 heavy (non-hydrogen) atoms. The smallest absolute Gasteiger partial charge is 0.339 e. The molecule has 1 aliphatic rings. The van der Waals surface area contributed by atoms with Crippen LogP contribution in [0.25, 0.3) is 0 Å². The average Bonchev–Trinajstić information content (AvgIpc) is 2.45. The van der Waals surface area contributed by atoms with E-state index in [1.165, 1.54) is 0 Å². The van der Waals surface area contributed by atoms with Crippen LogP contribution in [0.15, 0.2) is 12.3 Å². The van der Waals surface area contributed by atoms with Crippen molar-refractivity contribution >= 4 is 11.8 Å². The molecule has 6 nitrogen and oxygen atoms in total. The first kappa shape index (κ1) is 14.7. The zero-order valence-electron chi connectivity index (χ0n) is 11.2. The van der Waals surface area contributed by atoms with Crippen LogP contribution < -0.4 is 10.6 Å². The lowest BCUT2D eigenvalue weighted by molar-refractivity contribution is 0.0697. The van der Waals surface area contributed by atoms with Gasteiger partial charge < -0.3 is 20.6 Å². The van der Waals surface area contributed by atoms with Gasteiger partial charge in [0.25, 0.3) is 0 Å². The summed E-state index contributed by atoms with van der Waals surface area (Å²) >= 11 is 0. The van der Waals surface area contributed by atoms with E-state index >= 15 is 0 Å². The van der Waals surface area contributed by atoms with Gasteiger partial charge in [-0.1, -0.05) is 0 Å². The molecule has 0 aliphatic carbocycles. The van der Waals surface area contributed by atoms with E-state index in [1.54, 1.807) is 0 Å². The van der Waals surface area contributed by atoms with Crippen molar-refractivity contribution in [1.29, 1.82) is 0 Å². The molecule has 0 aromatic carbocycles. The zero-order valence-corrected chi connectivity index (χ0v) is 11.2. The van der Waals surface area contributed by atoms with Gasteiger partial charge in [0.1, 0.15) is 17.2 Å². The van der Waals surface area contributed by atoms with Gasteiger partial charge in [0.15, 0.2) is 0 Å². The number of piperazine rings is 1. The number of aromatic nitrogens is 1. The predicted molar refractivity (Wildman–Crippen MR) is 73.6 cm³/mol. The summed E-state index contributed by atoms with van der Waals surface area (Å²) in [5.41, 5.74) is -0.132. The number of nitrogens with zero attached hydrogens (tertiary/aromatic N) is 2. The number of hydrogen-bond acceptors (Lipinski definition) is 5. The minimum absolute atomic E-state index is 0.132. The molecule has 0 bridgehead atoms. The van der Waals surface area contributed by atoms with E-state index in [2.05, 4.69) is 20.5 Å². The summed E-state index contributed by atoms with van der Waals surface area (Å²) in [4.78, 5) is 17.1. The number of carbonyl (C=O) groups is 1. The van der Waals surface area contributed by atoms with Gasteiger partial charge in [0.2, 0.25) is 0 Å². The van der Waals surface area contributed by atoms with Crippen LogP contribution in [0.2, 0.25) is 0 Å². The first-order chi connectivity index (χ1) is 9.66. The molecular weight excluding hydrogens is 263 g/mol. The molecule has 1 aromatic rings. The highest BCUT2D eigenvalue weighted by molar-refractivity contribution is 5.93. The Morgan fingerprint density at radius 3 is 2.95 bits per heavy atom. The third-order valence-electron chi connectivity index (χ3n) is 3.24. The first-order valence-electron chi connectivity index (χ1n) is 6.72. The number of pyridine rings is 1. The van der Waals surface area contributed by atoms with Crippen LogP contribution in [-0.4, -0.2) is 60.2 Å². The fourth-order valence-electron chi connectivity index (χ4n) is 2.19. The maximum Gasteiger partial charge on any atom is 0.339 e. The summed E-state index contributed by atoms with van der Waals surface area (Å²) < 4.78 is 13.0. The molecule has 0 atom stereocenters. The molecule has 0 saturated carbocycles. The van der Waals surface area contributed by atoms with Crippen molar-refractivity contribution in [1.82, 2.24) is 15.2 Å². The maximum absolute atomic E-state index is 13.0. The van der Waals surface area contributed by atoms with Gasteiger partial charge in [-0.25, -0.2) is 14.2 Å². The first-order valence-corrected chi connectivity index (χ1v) is 6.72. The fourth-order valence-corrected chi connectivity index (χ4v) is 2.19. The van der Waals surface area contributed by atoms with Crippen molar-refractivity contribution in [3.05, 3.63) is 23.6 Å². The van der Waals surface area contributed by atoms with Crippen molar-refractivity contribution in [3.8, 4) is 0 Å². The Balaban J connectivity index is 1.80. The summed E-state index contributed by atoms with van der Waals surface area (Å²) in [6.07, 6.45) is 1.91. The van der Waals surface area contributed by atoms with Crippen molar-refractivity contribution in [2.24, 2.45) is 0 Å². The van der Waals surface area contributed by atoms with Crippen molar-refractivity contribution in [2.75, 3.05) is 44.6 Å². The number of hydrogen-bond donors (Lipinski definition) is 3. The number of carboxylic acid groups (broad SMARTS) is 1. The molecule has 1 fully saturated rings. The summed E-state index contributed by atoms with van der Waals surface area (Å²) in [6, 6.07) is 0.980. The number of carboxylic acids is 1. The molecule has 0 spiro atoms. The molecule has 0 radical (unpaired) electrons. The largest absolute Gasteiger partial charge is 0.478 e. The number of nitrogens with one attached hydrogen (secondary N) is 2. The van der Waals surface area contributed by atoms with Gasteiger partial charge >= 0.3 is 5.97 Å². The Kier molecular flexibility index (Phi) is 5.25. The van der Waals surface area contributed by atoms with Crippen LogP contribution in [0, 0.1) is 5.82 Å². The van der Waals surface area contributed by atoms with Crippen LogP contribution in [-0.2, 0) is 0 Å². The van der Waals surface area contributed by atoms with Crippen LogP contribution in [0.3, 0.4) is 0 Å². The average molecular weight is 282 g/mol. The number of anilines is 1. The van der Waals surface area contributed by atoms with Crippen molar-refractivity contribution in [3.63, 3.8) is 0 Å². The molecule has 0 unspecified atom stereocenters. The van der Waals surface area contributed by atoms with E-state index in [0.717, 1.165) is 51.4 Å². The summed E-state index contributed by atoms with van der Waals surface area (Å²) in [6.45, 7) is 5.66. The van der Waals surface area contributed by atoms with Crippen LogP contribution in [0.4, 0.5) is 10.2 Å². The normalized spacial score (nSPS) is 16.1. The highest BCUT2D eigenvalue weighted by Gasteiger charge is 2.13. The quantitative estimate of drug-likeness (QED) is 0.664. The van der Waals surface area contributed by atoms with Crippen LogP contribution in [0.1, 0.15) is 16.8 Å². The molecule has 1 saturated heterocycles. The molecule has 7 heteroatoms. The Morgan fingerprint density at radius 1 is 1.50 bits per heavy atom. The van der Waals surface area contributed by atoms with E-state index < -0.39 is 11.8 Å². The molecular formula is C13H19FN4O2. The van der Waals surface area contributed by atoms with Crippen LogP contribution >= 0.6 is 0 Å². The Hall–Kier alpha value is -1.73. The monoisotopic (exact) mass is 282 g/mol. The molecule has 0 amide bonds. The van der Waals surface area contributed by atoms with Gasteiger partial charge in [-0.3, -0.25) is 0 Å². The van der Waals surface area contributed by atoms with E-state index in [-0.39, 0.29) is 11.4 Å². The minimum atomic E-state index is -1.18. The van der Waals surface area contributed by atoms with Gasteiger partial charge in [-0.15, -0.1) is 0 Å². The molecule has 110 valence electrons. The van der Waals surface area contributed by atoms with Gasteiger partial charge in [0, 0.05) is 32.7 Å². The summed E-state index contributed by atoms with van der Waals surface area (Å²) in [5.74, 6) is -1.60. The SMILES string of the molecule is O=C(O)c1cc(F)cnc1NCCCN1CCNCC1. The summed E-state index contributed by atoms with van der Waals surface area (Å²) in [7, 11) is 0. The Bertz CT molecular complexity index is 464. The van der Waals surface area contributed by atoms with E-state index in [1.807, 2.05) is 0 Å². The third-order valence-corrected chi connectivity index (χ3v) is 3.24. The highest BCUT2D eigenvalue weighted by Crippen LogP contribution is 2.13. The van der Waals surface area contributed by atoms with E-state index in [0.29, 0.717) is 6.54 Å². The summed E-state index contributed by atoms with van der Waals surface area (Å²) in [5, 5.41) is 15.2. The standard InChI is InChI=1S/C13H19FN4O2/c14-10-8-11(13(19)20)12(17-9-10)16-2-1-5-18-6-3-15-4-7-18/h8-9,15H,1-7H2,(H,16,17)(H,19,20). The number of rotatable bonds is 6. The molecule has 1 aliphatic heterocycles. The van der Waals surface area contributed by atoms with Crippen molar-refractivity contribution in [2.45, 2.75) is 6.42 Å². The second-order valence-electron chi connectivity index (χ2n) is 4.73. The second-order valence-corrected chi connectivity index (χ2v) is 4.73.